The van der Waals surface area contributed by atoms with Crippen molar-refractivity contribution in [2.45, 2.75) is 0 Å². The van der Waals surface area contributed by atoms with Crippen LogP contribution in [0.4, 0.5) is 4.39 Å². The summed E-state index contributed by atoms with van der Waals surface area (Å²) in [6, 6.07) is 3.89. The lowest BCUT2D eigenvalue weighted by Gasteiger charge is -2.01. The third kappa shape index (κ3) is 2.56. The predicted molar refractivity (Wildman–Crippen MR) is 42.8 cm³/mol. The molecule has 4 heteroatoms. The summed E-state index contributed by atoms with van der Waals surface area (Å²) in [6.07, 6.45) is 0. The molecule has 0 unspecified atom stereocenters. The summed E-state index contributed by atoms with van der Waals surface area (Å²) >= 11 is 10.8. The lowest BCUT2D eigenvalue weighted by Crippen LogP contribution is -1.89. The Morgan fingerprint density at radius 2 is 2.09 bits per heavy atom. The molecule has 0 saturated carbocycles. The summed E-state index contributed by atoms with van der Waals surface area (Å²) in [5.74, 6) is -0.0948. The Morgan fingerprint density at radius 1 is 1.36 bits per heavy atom. The quantitative estimate of drug-likeness (QED) is 0.659. The van der Waals surface area contributed by atoms with Gasteiger partial charge in [0, 0.05) is 11.1 Å². The Labute approximate surface area is 73.7 Å². The van der Waals surface area contributed by atoms with E-state index in [0.29, 0.717) is 10.8 Å². The van der Waals surface area contributed by atoms with E-state index in [4.69, 9.17) is 27.9 Å². The minimum absolute atomic E-state index is 0.0141. The third-order valence-corrected chi connectivity index (χ3v) is 1.38. The average Bonchev–Trinajstić information content (AvgIpc) is 1.85. The molecule has 60 valence electrons. The lowest BCUT2D eigenvalue weighted by atomic mass is 10.3. The SMILES string of the molecule is Fc1cc(Cl)cc(OCCl)c1. The molecule has 0 aromatic heterocycles. The largest absolute Gasteiger partial charge is 0.478 e. The molecular formula is C7H5Cl2FO. The molecule has 0 saturated heterocycles. The second-order valence-electron chi connectivity index (χ2n) is 1.86. The number of rotatable bonds is 2. The minimum Gasteiger partial charge on any atom is -0.478 e. The monoisotopic (exact) mass is 194 g/mol. The van der Waals surface area contributed by atoms with Crippen molar-refractivity contribution in [3.05, 3.63) is 29.0 Å². The fourth-order valence-electron chi connectivity index (χ4n) is 0.675. The molecule has 0 aliphatic rings. The standard InChI is InChI=1S/C7H5Cl2FO/c8-4-11-7-2-5(9)1-6(10)3-7/h1-3H,4H2. The van der Waals surface area contributed by atoms with Crippen LogP contribution in [-0.4, -0.2) is 6.07 Å². The molecule has 0 bridgehead atoms. The fraction of sp³-hybridized carbons (Fsp3) is 0.143. The molecule has 0 amide bonds. The van der Waals surface area contributed by atoms with E-state index >= 15 is 0 Å². The summed E-state index contributed by atoms with van der Waals surface area (Å²) in [5.41, 5.74) is 0. The average molecular weight is 195 g/mol. The van der Waals surface area contributed by atoms with E-state index in [2.05, 4.69) is 0 Å². The summed E-state index contributed by atoms with van der Waals surface area (Å²) in [4.78, 5) is 0. The van der Waals surface area contributed by atoms with Crippen LogP contribution in [0.25, 0.3) is 0 Å². The first-order valence-corrected chi connectivity index (χ1v) is 3.78. The van der Waals surface area contributed by atoms with Crippen molar-refractivity contribution < 1.29 is 9.13 Å². The van der Waals surface area contributed by atoms with E-state index < -0.39 is 5.82 Å². The van der Waals surface area contributed by atoms with Gasteiger partial charge >= 0.3 is 0 Å². The topological polar surface area (TPSA) is 9.23 Å². The molecule has 0 spiro atoms. The number of halogens is 3. The minimum atomic E-state index is -0.433. The van der Waals surface area contributed by atoms with E-state index in [-0.39, 0.29) is 6.07 Å². The van der Waals surface area contributed by atoms with Crippen LogP contribution in [0.2, 0.25) is 5.02 Å². The van der Waals surface area contributed by atoms with Crippen molar-refractivity contribution >= 4 is 23.2 Å². The van der Waals surface area contributed by atoms with E-state index in [1.54, 1.807) is 0 Å². The Morgan fingerprint density at radius 3 is 2.64 bits per heavy atom. The molecule has 0 heterocycles. The van der Waals surface area contributed by atoms with Gasteiger partial charge in [0.15, 0.2) is 6.07 Å². The maximum absolute atomic E-state index is 12.5. The number of ether oxygens (including phenoxy) is 1. The van der Waals surface area contributed by atoms with Gasteiger partial charge in [0.25, 0.3) is 0 Å². The van der Waals surface area contributed by atoms with Crippen molar-refractivity contribution in [1.82, 2.24) is 0 Å². The van der Waals surface area contributed by atoms with Gasteiger partial charge in [-0.25, -0.2) is 4.39 Å². The van der Waals surface area contributed by atoms with Gasteiger partial charge in [-0.1, -0.05) is 23.2 Å². The van der Waals surface area contributed by atoms with E-state index in [0.717, 1.165) is 0 Å². The maximum atomic E-state index is 12.5. The first-order chi connectivity index (χ1) is 5.22. The molecule has 0 aliphatic heterocycles. The van der Waals surface area contributed by atoms with Crippen molar-refractivity contribution in [2.24, 2.45) is 0 Å². The number of hydrogen-bond acceptors (Lipinski definition) is 1. The molecule has 1 nitrogen and oxygen atoms in total. The second-order valence-corrected chi connectivity index (χ2v) is 2.51. The van der Waals surface area contributed by atoms with Crippen LogP contribution in [0.5, 0.6) is 5.75 Å². The predicted octanol–water partition coefficient (Wildman–Crippen LogP) is 3.05. The van der Waals surface area contributed by atoms with Crippen LogP contribution in [-0.2, 0) is 0 Å². The first kappa shape index (κ1) is 8.62. The zero-order chi connectivity index (χ0) is 8.27. The van der Waals surface area contributed by atoms with Gasteiger partial charge in [-0.05, 0) is 12.1 Å². The van der Waals surface area contributed by atoms with Crippen LogP contribution in [0.15, 0.2) is 18.2 Å². The normalized spacial score (nSPS) is 9.73. The van der Waals surface area contributed by atoms with Gasteiger partial charge in [-0.3, -0.25) is 0 Å². The number of alkyl halides is 1. The third-order valence-electron chi connectivity index (χ3n) is 1.06. The van der Waals surface area contributed by atoms with Crippen LogP contribution in [0, 0.1) is 5.82 Å². The Hall–Kier alpha value is -0.470. The van der Waals surface area contributed by atoms with Gasteiger partial charge in [-0.2, -0.15) is 0 Å². The molecule has 0 aliphatic carbocycles. The molecule has 1 rings (SSSR count). The molecular weight excluding hydrogens is 190 g/mol. The van der Waals surface area contributed by atoms with Gasteiger partial charge in [0.2, 0.25) is 0 Å². The molecule has 0 atom stereocenters. The molecule has 11 heavy (non-hydrogen) atoms. The highest BCUT2D eigenvalue weighted by Gasteiger charge is 1.98. The van der Waals surface area contributed by atoms with Crippen molar-refractivity contribution in [2.75, 3.05) is 6.07 Å². The van der Waals surface area contributed by atoms with Crippen molar-refractivity contribution in [3.63, 3.8) is 0 Å². The molecule has 0 fully saturated rings. The number of benzene rings is 1. The molecule has 1 aromatic carbocycles. The van der Waals surface area contributed by atoms with Gasteiger partial charge < -0.3 is 4.74 Å². The highest BCUT2D eigenvalue weighted by Crippen LogP contribution is 2.19. The van der Waals surface area contributed by atoms with Crippen molar-refractivity contribution in [1.29, 1.82) is 0 Å². The Bertz CT molecular complexity index is 232. The van der Waals surface area contributed by atoms with Gasteiger partial charge in [-0.15, -0.1) is 0 Å². The molecule has 0 radical (unpaired) electrons. The Balaban J connectivity index is 2.89. The summed E-state index contributed by atoms with van der Waals surface area (Å²) in [5, 5.41) is 0.296. The summed E-state index contributed by atoms with van der Waals surface area (Å²) in [7, 11) is 0. The highest BCUT2D eigenvalue weighted by molar-refractivity contribution is 6.30. The number of hydrogen-bond donors (Lipinski definition) is 0. The van der Waals surface area contributed by atoms with E-state index in [1.165, 1.54) is 18.2 Å². The molecule has 0 N–H and O–H groups in total. The maximum Gasteiger partial charge on any atom is 0.162 e. The van der Waals surface area contributed by atoms with E-state index in [9.17, 15) is 4.39 Å². The van der Waals surface area contributed by atoms with Gasteiger partial charge in [0.05, 0.1) is 0 Å². The van der Waals surface area contributed by atoms with Crippen LogP contribution in [0.1, 0.15) is 0 Å². The van der Waals surface area contributed by atoms with Gasteiger partial charge in [0.1, 0.15) is 11.6 Å². The molecule has 1 aromatic rings. The van der Waals surface area contributed by atoms with Crippen LogP contribution >= 0.6 is 23.2 Å². The van der Waals surface area contributed by atoms with E-state index in [1.807, 2.05) is 0 Å². The Kier molecular flexibility index (Phi) is 2.97. The smallest absolute Gasteiger partial charge is 0.162 e. The fourth-order valence-corrected chi connectivity index (χ4v) is 1.01. The summed E-state index contributed by atoms with van der Waals surface area (Å²) < 4.78 is 17.4. The van der Waals surface area contributed by atoms with Crippen molar-refractivity contribution in [3.8, 4) is 5.75 Å². The van der Waals surface area contributed by atoms with Crippen LogP contribution in [0.3, 0.4) is 0 Å². The zero-order valence-electron chi connectivity index (χ0n) is 5.48. The second kappa shape index (κ2) is 3.79. The van der Waals surface area contributed by atoms with Crippen LogP contribution < -0.4 is 4.74 Å². The first-order valence-electron chi connectivity index (χ1n) is 2.87. The summed E-state index contributed by atoms with van der Waals surface area (Å²) in [6.45, 7) is 0. The zero-order valence-corrected chi connectivity index (χ0v) is 6.99. The lowest BCUT2D eigenvalue weighted by molar-refractivity contribution is 0.385. The highest BCUT2D eigenvalue weighted by atomic mass is 35.5.